The molecular weight excluding hydrogens is 368 g/mol. The Labute approximate surface area is 178 Å². The zero-order chi connectivity index (χ0) is 20.3. The molecule has 0 amide bonds. The van der Waals surface area contributed by atoms with Gasteiger partial charge in [-0.1, -0.05) is 42.5 Å². The van der Waals surface area contributed by atoms with Gasteiger partial charge in [-0.05, 0) is 61.9 Å². The molecule has 5 rings (SSSR count). The Morgan fingerprint density at radius 1 is 1.00 bits per heavy atom. The van der Waals surface area contributed by atoms with Crippen molar-refractivity contribution in [3.8, 4) is 11.4 Å². The summed E-state index contributed by atoms with van der Waals surface area (Å²) in [7, 11) is 0. The first-order chi connectivity index (χ1) is 14.8. The number of rotatable bonds is 6. The van der Waals surface area contributed by atoms with E-state index in [2.05, 4.69) is 47.1 Å². The lowest BCUT2D eigenvalue weighted by molar-refractivity contribution is 0.0987. The molecule has 2 aromatic heterocycles. The molecule has 4 nitrogen and oxygen atoms in total. The molecule has 4 atom stereocenters. The van der Waals surface area contributed by atoms with Crippen molar-refractivity contribution in [1.82, 2.24) is 14.9 Å². The number of aromatic nitrogens is 2. The van der Waals surface area contributed by atoms with Crippen molar-refractivity contribution < 1.29 is 0 Å². The largest absolute Gasteiger partial charge is 0.289 e. The minimum Gasteiger partial charge on any atom is -0.289 e. The molecule has 1 aromatic carbocycles. The zero-order valence-electron chi connectivity index (χ0n) is 17.4. The minimum absolute atomic E-state index is 0.437. The van der Waals surface area contributed by atoms with Crippen LogP contribution in [0.2, 0.25) is 0 Å². The lowest BCUT2D eigenvalue weighted by atomic mass is 9.95. The maximum Gasteiger partial charge on any atom is 0.0894 e. The summed E-state index contributed by atoms with van der Waals surface area (Å²) in [6.45, 7) is 3.19. The zero-order valence-corrected chi connectivity index (χ0v) is 17.4. The third kappa shape index (κ3) is 3.80. The van der Waals surface area contributed by atoms with Crippen molar-refractivity contribution in [1.29, 1.82) is 0 Å². The fourth-order valence-electron chi connectivity index (χ4n) is 5.31. The Balaban J connectivity index is 1.31. The smallest absolute Gasteiger partial charge is 0.0894 e. The second kappa shape index (κ2) is 8.49. The van der Waals surface area contributed by atoms with E-state index in [-0.39, 0.29) is 0 Å². The summed E-state index contributed by atoms with van der Waals surface area (Å²) in [4.78, 5) is 16.7. The van der Waals surface area contributed by atoms with Crippen LogP contribution >= 0.6 is 0 Å². The number of fused-ring (bicyclic) bond motifs is 2. The molecule has 2 fully saturated rings. The molecule has 2 bridgehead atoms. The molecule has 2 aliphatic rings. The summed E-state index contributed by atoms with van der Waals surface area (Å²) in [5.74, 6) is 0.770. The number of nitrogens with zero attached hydrogens (tertiary/aromatic N) is 4. The number of likely N-dealkylation sites (tertiary alicyclic amines) is 1. The van der Waals surface area contributed by atoms with Crippen LogP contribution in [0, 0.1) is 5.92 Å². The van der Waals surface area contributed by atoms with Crippen molar-refractivity contribution in [2.24, 2.45) is 10.9 Å². The van der Waals surface area contributed by atoms with Gasteiger partial charge in [-0.2, -0.15) is 0 Å². The van der Waals surface area contributed by atoms with E-state index in [0.717, 1.165) is 29.5 Å². The number of benzene rings is 1. The number of hydrogen-bond acceptors (Lipinski definition) is 4. The lowest BCUT2D eigenvalue weighted by Gasteiger charge is -2.39. The molecule has 1 saturated carbocycles. The van der Waals surface area contributed by atoms with Crippen LogP contribution in [0.3, 0.4) is 0 Å². The summed E-state index contributed by atoms with van der Waals surface area (Å²) >= 11 is 0. The second-order valence-corrected chi connectivity index (χ2v) is 8.49. The van der Waals surface area contributed by atoms with Crippen molar-refractivity contribution in [3.63, 3.8) is 0 Å². The Morgan fingerprint density at radius 2 is 1.83 bits per heavy atom. The molecule has 30 heavy (non-hydrogen) atoms. The molecule has 4 heteroatoms. The maximum atomic E-state index is 4.85. The quantitative estimate of drug-likeness (QED) is 0.539. The molecule has 0 unspecified atom stereocenters. The monoisotopic (exact) mass is 396 g/mol. The first-order valence-electron chi connectivity index (χ1n) is 11.0. The van der Waals surface area contributed by atoms with Gasteiger partial charge in [0.25, 0.3) is 0 Å². The Bertz CT molecular complexity index is 1000. The fraction of sp³-hybridized carbons (Fsp3) is 0.346. The third-order valence-corrected chi connectivity index (χ3v) is 6.74. The molecule has 3 heterocycles. The Hall–Kier alpha value is -2.85. The minimum atomic E-state index is 0.437. The van der Waals surface area contributed by atoms with Crippen LogP contribution in [0.4, 0.5) is 0 Å². The molecule has 0 N–H and O–H groups in total. The Kier molecular flexibility index (Phi) is 5.41. The molecule has 3 aromatic rings. The van der Waals surface area contributed by atoms with Gasteiger partial charge < -0.3 is 0 Å². The highest BCUT2D eigenvalue weighted by Gasteiger charge is 2.47. The van der Waals surface area contributed by atoms with Gasteiger partial charge in [-0.3, -0.25) is 14.9 Å². The van der Waals surface area contributed by atoms with Gasteiger partial charge in [0.1, 0.15) is 0 Å². The standard InChI is InChI=1S/C26H28N4/c1-19(20-8-3-2-4-9-20)30-23-14-13-21(16-23)26(30)18-27-17-22-10-7-12-25(29-22)24-11-5-6-15-28-24/h2-12,15,17,19,21,23,26H,13-14,16,18H2,1H3/t19-,21+,23-,26-/m0/s1. The van der Waals surface area contributed by atoms with Gasteiger partial charge in [0.05, 0.1) is 23.6 Å². The number of pyridine rings is 2. The van der Waals surface area contributed by atoms with Crippen LogP contribution in [0.25, 0.3) is 11.4 Å². The van der Waals surface area contributed by atoms with E-state index in [1.165, 1.54) is 24.8 Å². The SMILES string of the molecule is C[C@@H](c1ccccc1)N1[C@H]2CC[C@H](C2)[C@@H]1CN=Cc1cccc(-c2ccccn2)n1. The number of hydrogen-bond donors (Lipinski definition) is 0. The second-order valence-electron chi connectivity index (χ2n) is 8.49. The van der Waals surface area contributed by atoms with Crippen LogP contribution in [0.5, 0.6) is 0 Å². The average molecular weight is 397 g/mol. The molecule has 1 aliphatic carbocycles. The van der Waals surface area contributed by atoms with Gasteiger partial charge in [0.2, 0.25) is 0 Å². The van der Waals surface area contributed by atoms with Gasteiger partial charge in [0, 0.05) is 30.5 Å². The molecule has 0 radical (unpaired) electrons. The summed E-state index contributed by atoms with van der Waals surface area (Å²) in [5, 5.41) is 0. The molecular formula is C26H28N4. The van der Waals surface area contributed by atoms with Crippen molar-refractivity contribution in [2.45, 2.75) is 44.3 Å². The molecule has 1 saturated heterocycles. The fourth-order valence-corrected chi connectivity index (χ4v) is 5.31. The third-order valence-electron chi connectivity index (χ3n) is 6.74. The van der Waals surface area contributed by atoms with Gasteiger partial charge in [-0.15, -0.1) is 0 Å². The van der Waals surface area contributed by atoms with E-state index in [1.807, 2.05) is 42.6 Å². The first kappa shape index (κ1) is 19.1. The summed E-state index contributed by atoms with van der Waals surface area (Å²) in [5.41, 5.74) is 4.08. The van der Waals surface area contributed by atoms with Gasteiger partial charge >= 0.3 is 0 Å². The van der Waals surface area contributed by atoms with E-state index < -0.39 is 0 Å². The highest BCUT2D eigenvalue weighted by molar-refractivity contribution is 5.78. The summed E-state index contributed by atoms with van der Waals surface area (Å²) < 4.78 is 0. The van der Waals surface area contributed by atoms with E-state index in [4.69, 9.17) is 9.98 Å². The predicted molar refractivity (Wildman–Crippen MR) is 122 cm³/mol. The number of piperidine rings is 1. The highest BCUT2D eigenvalue weighted by atomic mass is 15.3. The van der Waals surface area contributed by atoms with Crippen molar-refractivity contribution in [2.75, 3.05) is 6.54 Å². The highest BCUT2D eigenvalue weighted by Crippen LogP contribution is 2.46. The van der Waals surface area contributed by atoms with Crippen LogP contribution in [0.1, 0.15) is 43.5 Å². The maximum absolute atomic E-state index is 4.85. The van der Waals surface area contributed by atoms with Crippen LogP contribution in [-0.4, -0.2) is 39.7 Å². The van der Waals surface area contributed by atoms with Crippen molar-refractivity contribution in [3.05, 3.63) is 84.2 Å². The van der Waals surface area contributed by atoms with E-state index in [0.29, 0.717) is 18.1 Å². The molecule has 0 spiro atoms. The van der Waals surface area contributed by atoms with E-state index in [1.54, 1.807) is 6.20 Å². The average Bonchev–Trinajstić information content (AvgIpc) is 3.42. The van der Waals surface area contributed by atoms with Gasteiger partial charge in [0.15, 0.2) is 0 Å². The van der Waals surface area contributed by atoms with Gasteiger partial charge in [-0.25, -0.2) is 4.98 Å². The van der Waals surface area contributed by atoms with E-state index in [9.17, 15) is 0 Å². The molecule has 152 valence electrons. The number of aliphatic imine (C=N–C) groups is 1. The van der Waals surface area contributed by atoms with Crippen LogP contribution in [-0.2, 0) is 0 Å². The predicted octanol–water partition coefficient (Wildman–Crippen LogP) is 5.18. The Morgan fingerprint density at radius 3 is 2.67 bits per heavy atom. The van der Waals surface area contributed by atoms with E-state index >= 15 is 0 Å². The lowest BCUT2D eigenvalue weighted by Crippen LogP contribution is -2.44. The summed E-state index contributed by atoms with van der Waals surface area (Å²) in [6, 6.07) is 24.5. The van der Waals surface area contributed by atoms with Crippen LogP contribution < -0.4 is 0 Å². The van der Waals surface area contributed by atoms with Crippen LogP contribution in [0.15, 0.2) is 77.9 Å². The first-order valence-corrected chi connectivity index (χ1v) is 11.0. The summed E-state index contributed by atoms with van der Waals surface area (Å²) in [6.07, 6.45) is 7.73. The molecule has 1 aliphatic heterocycles. The van der Waals surface area contributed by atoms with Crippen molar-refractivity contribution >= 4 is 6.21 Å². The normalized spacial score (nSPS) is 24.5. The topological polar surface area (TPSA) is 41.4 Å².